The molecule has 2 aromatic heterocycles. The van der Waals surface area contributed by atoms with E-state index < -0.39 is 0 Å². The van der Waals surface area contributed by atoms with Crippen molar-refractivity contribution < 1.29 is 5.11 Å². The maximum absolute atomic E-state index is 9.95. The summed E-state index contributed by atoms with van der Waals surface area (Å²) in [6, 6.07) is 12.1. The number of hydrogen-bond donors (Lipinski definition) is 1. The highest BCUT2D eigenvalue weighted by atomic mass is 16.3. The number of rotatable bonds is 2. The highest BCUT2D eigenvalue weighted by Gasteiger charge is 2.21. The maximum Gasteiger partial charge on any atom is 0.254 e. The summed E-state index contributed by atoms with van der Waals surface area (Å²) in [5.41, 5.74) is 1.92. The van der Waals surface area contributed by atoms with E-state index in [1.165, 1.54) is 6.33 Å². The normalized spacial score (nSPS) is 18.8. The van der Waals surface area contributed by atoms with Crippen LogP contribution >= 0.6 is 0 Å². The van der Waals surface area contributed by atoms with Gasteiger partial charge in [-0.3, -0.25) is 0 Å². The third kappa shape index (κ3) is 2.31. The molecule has 0 aliphatic carbocycles. The Balaban J connectivity index is 1.84. The van der Waals surface area contributed by atoms with E-state index in [4.69, 9.17) is 0 Å². The van der Waals surface area contributed by atoms with Crippen molar-refractivity contribution in [3.63, 3.8) is 0 Å². The minimum Gasteiger partial charge on any atom is -0.391 e. The van der Waals surface area contributed by atoms with Crippen LogP contribution in [0.5, 0.6) is 0 Å². The lowest BCUT2D eigenvalue weighted by Gasteiger charge is -2.31. The summed E-state index contributed by atoms with van der Waals surface area (Å²) in [6.45, 7) is 1.53. The second kappa shape index (κ2) is 5.38. The fraction of sp³-hybridized carbons (Fsp3) is 0.312. The molecule has 112 valence electrons. The van der Waals surface area contributed by atoms with Gasteiger partial charge in [-0.1, -0.05) is 30.3 Å². The van der Waals surface area contributed by atoms with Crippen LogP contribution in [0.15, 0.2) is 42.7 Å². The molecule has 0 saturated carbocycles. The van der Waals surface area contributed by atoms with Crippen molar-refractivity contribution in [1.29, 1.82) is 0 Å². The van der Waals surface area contributed by atoms with E-state index in [2.05, 4.69) is 20.0 Å². The second-order valence-corrected chi connectivity index (χ2v) is 5.58. The molecule has 1 fully saturated rings. The molecule has 1 aromatic carbocycles. The number of aromatic nitrogens is 4. The highest BCUT2D eigenvalue weighted by molar-refractivity contribution is 5.65. The van der Waals surface area contributed by atoms with Crippen LogP contribution in [0.25, 0.3) is 17.0 Å². The fourth-order valence-corrected chi connectivity index (χ4v) is 2.94. The SMILES string of the molecule is OC1CCCN(c2cc(-c3ccccc3)nc3ncnn23)C1. The van der Waals surface area contributed by atoms with Gasteiger partial charge < -0.3 is 10.0 Å². The zero-order valence-electron chi connectivity index (χ0n) is 12.1. The van der Waals surface area contributed by atoms with Gasteiger partial charge in [0.1, 0.15) is 12.1 Å². The first-order valence-electron chi connectivity index (χ1n) is 7.50. The minimum atomic E-state index is -0.291. The van der Waals surface area contributed by atoms with E-state index in [0.29, 0.717) is 12.3 Å². The zero-order valence-corrected chi connectivity index (χ0v) is 12.1. The largest absolute Gasteiger partial charge is 0.391 e. The number of aliphatic hydroxyl groups excluding tert-OH is 1. The fourth-order valence-electron chi connectivity index (χ4n) is 2.94. The molecule has 0 radical (unpaired) electrons. The Labute approximate surface area is 128 Å². The summed E-state index contributed by atoms with van der Waals surface area (Å²) in [5, 5.41) is 14.2. The lowest BCUT2D eigenvalue weighted by Crippen LogP contribution is -2.39. The molecule has 3 aromatic rings. The van der Waals surface area contributed by atoms with Crippen molar-refractivity contribution in [2.75, 3.05) is 18.0 Å². The molecular formula is C16H17N5O. The maximum atomic E-state index is 9.95. The van der Waals surface area contributed by atoms with E-state index in [1.54, 1.807) is 4.52 Å². The number of anilines is 1. The van der Waals surface area contributed by atoms with Crippen LogP contribution in [0.4, 0.5) is 5.82 Å². The zero-order chi connectivity index (χ0) is 14.9. The van der Waals surface area contributed by atoms with Gasteiger partial charge >= 0.3 is 0 Å². The Morgan fingerprint density at radius 1 is 1.18 bits per heavy atom. The van der Waals surface area contributed by atoms with Gasteiger partial charge in [-0.2, -0.15) is 14.6 Å². The Morgan fingerprint density at radius 3 is 2.86 bits per heavy atom. The first-order valence-corrected chi connectivity index (χ1v) is 7.50. The summed E-state index contributed by atoms with van der Waals surface area (Å²) in [7, 11) is 0. The molecule has 1 saturated heterocycles. The molecular weight excluding hydrogens is 278 g/mol. The molecule has 22 heavy (non-hydrogen) atoms. The molecule has 1 aliphatic rings. The van der Waals surface area contributed by atoms with Gasteiger partial charge in [0.05, 0.1) is 11.8 Å². The van der Waals surface area contributed by atoms with Crippen molar-refractivity contribution in [2.24, 2.45) is 0 Å². The molecule has 0 spiro atoms. The number of piperidine rings is 1. The average molecular weight is 295 g/mol. The van der Waals surface area contributed by atoms with Crippen LogP contribution in [-0.2, 0) is 0 Å². The van der Waals surface area contributed by atoms with Crippen molar-refractivity contribution in [3.05, 3.63) is 42.7 Å². The van der Waals surface area contributed by atoms with Crippen molar-refractivity contribution in [1.82, 2.24) is 19.6 Å². The topological polar surface area (TPSA) is 66.5 Å². The van der Waals surface area contributed by atoms with Gasteiger partial charge in [0.2, 0.25) is 0 Å². The summed E-state index contributed by atoms with van der Waals surface area (Å²) >= 11 is 0. The predicted octanol–water partition coefficient (Wildman–Crippen LogP) is 1.75. The standard InChI is InChI=1S/C16H17N5O/c22-13-7-4-8-20(10-13)15-9-14(12-5-2-1-3-6-12)19-16-17-11-18-21(15)16/h1-3,5-6,9,11,13,22H,4,7-8,10H2. The molecule has 0 bridgehead atoms. The van der Waals surface area contributed by atoms with E-state index in [-0.39, 0.29) is 6.10 Å². The predicted molar refractivity (Wildman–Crippen MR) is 83.7 cm³/mol. The van der Waals surface area contributed by atoms with Crippen LogP contribution in [0, 0.1) is 0 Å². The quantitative estimate of drug-likeness (QED) is 0.780. The number of fused-ring (bicyclic) bond motifs is 1. The molecule has 6 heteroatoms. The first kappa shape index (κ1) is 13.2. The molecule has 4 rings (SSSR count). The van der Waals surface area contributed by atoms with Crippen molar-refractivity contribution >= 4 is 11.6 Å². The van der Waals surface area contributed by atoms with Crippen LogP contribution in [0.3, 0.4) is 0 Å². The van der Waals surface area contributed by atoms with E-state index in [0.717, 1.165) is 36.5 Å². The second-order valence-electron chi connectivity index (χ2n) is 5.58. The Hall–Kier alpha value is -2.47. The van der Waals surface area contributed by atoms with Crippen molar-refractivity contribution in [2.45, 2.75) is 18.9 Å². The van der Waals surface area contributed by atoms with Gasteiger partial charge in [0.15, 0.2) is 0 Å². The number of β-amino-alcohol motifs (C(OH)–C–C–N with tert-alkyl or cyclic N) is 1. The number of nitrogens with zero attached hydrogens (tertiary/aromatic N) is 5. The van der Waals surface area contributed by atoms with Crippen LogP contribution in [0.2, 0.25) is 0 Å². The van der Waals surface area contributed by atoms with E-state index in [1.807, 2.05) is 36.4 Å². The third-order valence-electron chi connectivity index (χ3n) is 4.02. The summed E-state index contributed by atoms with van der Waals surface area (Å²) in [4.78, 5) is 11.0. The summed E-state index contributed by atoms with van der Waals surface area (Å²) < 4.78 is 1.74. The number of aliphatic hydroxyl groups is 1. The Bertz CT molecular complexity index is 786. The highest BCUT2D eigenvalue weighted by Crippen LogP contribution is 2.25. The van der Waals surface area contributed by atoms with E-state index >= 15 is 0 Å². The van der Waals surface area contributed by atoms with Gasteiger partial charge in [-0.15, -0.1) is 0 Å². The number of benzene rings is 1. The average Bonchev–Trinajstić information content (AvgIpc) is 3.03. The monoisotopic (exact) mass is 295 g/mol. The third-order valence-corrected chi connectivity index (χ3v) is 4.02. The first-order chi connectivity index (χ1) is 10.8. The number of hydrogen-bond acceptors (Lipinski definition) is 5. The van der Waals surface area contributed by atoms with Crippen molar-refractivity contribution in [3.8, 4) is 11.3 Å². The van der Waals surface area contributed by atoms with Crippen LogP contribution < -0.4 is 4.90 Å². The molecule has 6 nitrogen and oxygen atoms in total. The van der Waals surface area contributed by atoms with E-state index in [9.17, 15) is 5.11 Å². The van der Waals surface area contributed by atoms with Gasteiger partial charge in [0, 0.05) is 24.7 Å². The molecule has 1 aliphatic heterocycles. The van der Waals surface area contributed by atoms with Gasteiger partial charge in [-0.05, 0) is 12.8 Å². The smallest absolute Gasteiger partial charge is 0.254 e. The van der Waals surface area contributed by atoms with Crippen LogP contribution in [-0.4, -0.2) is 43.9 Å². The molecule has 3 heterocycles. The lowest BCUT2D eigenvalue weighted by molar-refractivity contribution is 0.153. The Kier molecular flexibility index (Phi) is 3.23. The van der Waals surface area contributed by atoms with Gasteiger partial charge in [-0.25, -0.2) is 4.98 Å². The lowest BCUT2D eigenvalue weighted by atomic mass is 10.1. The molecule has 1 unspecified atom stereocenters. The molecule has 1 atom stereocenters. The summed E-state index contributed by atoms with van der Waals surface area (Å²) in [6.07, 6.45) is 3.05. The van der Waals surface area contributed by atoms with Crippen LogP contribution in [0.1, 0.15) is 12.8 Å². The van der Waals surface area contributed by atoms with Gasteiger partial charge in [0.25, 0.3) is 5.78 Å². The summed E-state index contributed by atoms with van der Waals surface area (Å²) in [5.74, 6) is 1.51. The minimum absolute atomic E-state index is 0.291. The Morgan fingerprint density at radius 2 is 2.05 bits per heavy atom. The molecule has 1 N–H and O–H groups in total. The molecule has 0 amide bonds.